The van der Waals surface area contributed by atoms with Gasteiger partial charge in [-0.05, 0) is 37.5 Å². The second-order valence-electron chi connectivity index (χ2n) is 9.96. The van der Waals surface area contributed by atoms with E-state index in [1.165, 1.54) is 18.7 Å². The Morgan fingerprint density at radius 3 is 2.29 bits per heavy atom. The molecule has 3 rings (SSSR count). The number of halogens is 4. The fourth-order valence-electron chi connectivity index (χ4n) is 4.86. The van der Waals surface area contributed by atoms with Crippen LogP contribution in [-0.2, 0) is 4.79 Å². The van der Waals surface area contributed by atoms with Crippen molar-refractivity contribution in [1.29, 1.82) is 0 Å². The first-order chi connectivity index (χ1) is 16.3. The van der Waals surface area contributed by atoms with Crippen LogP contribution in [0, 0.1) is 5.92 Å². The number of rotatable bonds is 6. The van der Waals surface area contributed by atoms with Crippen LogP contribution in [-0.4, -0.2) is 95.8 Å². The third kappa shape index (κ3) is 5.70. The highest BCUT2D eigenvalue weighted by Crippen LogP contribution is 2.38. The molecule has 2 heterocycles. The van der Waals surface area contributed by atoms with Gasteiger partial charge in [-0.15, -0.1) is 0 Å². The van der Waals surface area contributed by atoms with Crippen molar-refractivity contribution in [3.63, 3.8) is 0 Å². The number of nitrogens with zero attached hydrogens (tertiary/aromatic N) is 3. The second-order valence-corrected chi connectivity index (χ2v) is 10.4. The van der Waals surface area contributed by atoms with Gasteiger partial charge in [-0.2, -0.15) is 13.2 Å². The Morgan fingerprint density at radius 2 is 1.77 bits per heavy atom. The molecule has 2 fully saturated rings. The van der Waals surface area contributed by atoms with Gasteiger partial charge in [0.2, 0.25) is 5.60 Å². The van der Waals surface area contributed by atoms with E-state index in [0.717, 1.165) is 30.1 Å². The number of hydrogen-bond acceptors (Lipinski definition) is 5. The molecule has 2 aliphatic heterocycles. The third-order valence-corrected chi connectivity index (χ3v) is 7.37. The molecule has 2 atom stereocenters. The molecule has 0 bridgehead atoms. The van der Waals surface area contributed by atoms with Crippen molar-refractivity contribution in [3.8, 4) is 0 Å². The summed E-state index contributed by atoms with van der Waals surface area (Å²) in [6.07, 6.45) is -3.03. The monoisotopic (exact) mass is 518 g/mol. The van der Waals surface area contributed by atoms with Gasteiger partial charge in [0, 0.05) is 64.0 Å². The molecule has 0 radical (unpaired) electrons. The van der Waals surface area contributed by atoms with Gasteiger partial charge in [-0.1, -0.05) is 25.4 Å². The van der Waals surface area contributed by atoms with Crippen LogP contribution in [0.1, 0.15) is 43.5 Å². The summed E-state index contributed by atoms with van der Waals surface area (Å²) < 4.78 is 40.5. The van der Waals surface area contributed by atoms with Gasteiger partial charge in [0.15, 0.2) is 0 Å². The molecule has 11 heteroatoms. The van der Waals surface area contributed by atoms with Crippen LogP contribution in [0.3, 0.4) is 0 Å². The maximum Gasteiger partial charge on any atom is 0.426 e. The molecule has 7 nitrogen and oxygen atoms in total. The van der Waals surface area contributed by atoms with E-state index < -0.39 is 23.6 Å². The number of hydrogen-bond donors (Lipinski definition) is 2. The van der Waals surface area contributed by atoms with Gasteiger partial charge < -0.3 is 20.2 Å². The summed E-state index contributed by atoms with van der Waals surface area (Å²) in [6.45, 7) is 4.36. The van der Waals surface area contributed by atoms with Gasteiger partial charge >= 0.3 is 6.18 Å². The van der Waals surface area contributed by atoms with Crippen molar-refractivity contribution in [2.45, 2.75) is 57.0 Å². The Bertz CT molecular complexity index is 935. The summed E-state index contributed by atoms with van der Waals surface area (Å²) in [5, 5.41) is 14.1. The Hall–Kier alpha value is -2.04. The molecule has 0 saturated carbocycles. The Labute approximate surface area is 209 Å². The SMILES string of the molecule is CC(C)C(O)(C(=O)N1CCC(N2CC[C@H](Nc3ccc(C(=O)N(C)C)c(Cl)c3)C2)CC1)C(F)(F)F. The minimum atomic E-state index is -5.02. The summed E-state index contributed by atoms with van der Waals surface area (Å²) >= 11 is 6.30. The highest BCUT2D eigenvalue weighted by atomic mass is 35.5. The van der Waals surface area contributed by atoms with Gasteiger partial charge in [-0.3, -0.25) is 14.5 Å². The first-order valence-electron chi connectivity index (χ1n) is 11.9. The molecule has 2 saturated heterocycles. The van der Waals surface area contributed by atoms with Crippen LogP contribution in [0.5, 0.6) is 0 Å². The Morgan fingerprint density at radius 1 is 1.14 bits per heavy atom. The van der Waals surface area contributed by atoms with Crippen molar-refractivity contribution < 1.29 is 27.9 Å². The van der Waals surface area contributed by atoms with E-state index in [0.29, 0.717) is 23.4 Å². The molecule has 2 N–H and O–H groups in total. The number of carbonyl (C=O) groups excluding carboxylic acids is 2. The predicted molar refractivity (Wildman–Crippen MR) is 129 cm³/mol. The van der Waals surface area contributed by atoms with E-state index in [9.17, 15) is 27.9 Å². The fraction of sp³-hybridized carbons (Fsp3) is 0.667. The van der Waals surface area contributed by atoms with E-state index in [2.05, 4.69) is 10.2 Å². The summed E-state index contributed by atoms with van der Waals surface area (Å²) in [7, 11) is 3.33. The van der Waals surface area contributed by atoms with Crippen molar-refractivity contribution in [3.05, 3.63) is 28.8 Å². The maximum atomic E-state index is 13.5. The zero-order valence-electron chi connectivity index (χ0n) is 20.5. The molecule has 2 aliphatic rings. The molecular formula is C24H34ClF3N4O3. The van der Waals surface area contributed by atoms with Crippen LogP contribution < -0.4 is 5.32 Å². The van der Waals surface area contributed by atoms with E-state index >= 15 is 0 Å². The van der Waals surface area contributed by atoms with Gasteiger partial charge in [-0.25, -0.2) is 0 Å². The van der Waals surface area contributed by atoms with Gasteiger partial charge in [0.05, 0.1) is 10.6 Å². The molecule has 35 heavy (non-hydrogen) atoms. The molecule has 196 valence electrons. The fourth-order valence-corrected chi connectivity index (χ4v) is 5.12. The van der Waals surface area contributed by atoms with Gasteiger partial charge in [0.1, 0.15) is 0 Å². The van der Waals surface area contributed by atoms with E-state index in [-0.39, 0.29) is 31.1 Å². The van der Waals surface area contributed by atoms with E-state index in [4.69, 9.17) is 11.6 Å². The standard InChI is InChI=1S/C24H34ClF3N4O3/c1-15(2)23(35,24(26,27)28)22(34)31-11-8-18(9-12-31)32-10-7-17(14-32)29-16-5-6-19(20(25)13-16)21(33)30(3)4/h5-6,13,15,17-18,29,35H,7-12,14H2,1-4H3/t17-,23?/m0/s1. The number of amides is 2. The zero-order chi connectivity index (χ0) is 26.1. The zero-order valence-corrected chi connectivity index (χ0v) is 21.3. The lowest BCUT2D eigenvalue weighted by molar-refractivity contribution is -0.269. The minimum absolute atomic E-state index is 0.160. The highest BCUT2D eigenvalue weighted by Gasteiger charge is 2.62. The Balaban J connectivity index is 1.54. The van der Waals surface area contributed by atoms with Crippen molar-refractivity contribution >= 4 is 29.1 Å². The minimum Gasteiger partial charge on any atom is -0.381 e. The average molecular weight is 519 g/mol. The number of aliphatic hydroxyl groups is 1. The highest BCUT2D eigenvalue weighted by molar-refractivity contribution is 6.34. The lowest BCUT2D eigenvalue weighted by Crippen LogP contribution is -2.62. The van der Waals surface area contributed by atoms with Crippen LogP contribution >= 0.6 is 11.6 Å². The molecule has 0 aromatic heterocycles. The number of nitrogens with one attached hydrogen (secondary N) is 1. The van der Waals surface area contributed by atoms with Crippen molar-refractivity contribution in [1.82, 2.24) is 14.7 Å². The summed E-state index contributed by atoms with van der Waals surface area (Å²) in [4.78, 5) is 29.7. The van der Waals surface area contributed by atoms with Crippen molar-refractivity contribution in [2.24, 2.45) is 5.92 Å². The van der Waals surface area contributed by atoms with Crippen LogP contribution in [0.25, 0.3) is 0 Å². The molecular weight excluding hydrogens is 485 g/mol. The predicted octanol–water partition coefficient (Wildman–Crippen LogP) is 3.47. The van der Waals surface area contributed by atoms with E-state index in [1.54, 1.807) is 26.2 Å². The maximum absolute atomic E-state index is 13.5. The summed E-state index contributed by atoms with van der Waals surface area (Å²) in [6, 6.07) is 5.59. The number of piperidine rings is 1. The smallest absolute Gasteiger partial charge is 0.381 e. The largest absolute Gasteiger partial charge is 0.426 e. The van der Waals surface area contributed by atoms with Crippen LogP contribution in [0.4, 0.5) is 18.9 Å². The Kier molecular flexibility index (Phi) is 8.28. The molecule has 0 spiro atoms. The normalized spacial score (nSPS) is 21.8. The number of anilines is 1. The number of alkyl halides is 3. The number of carbonyl (C=O) groups is 2. The first-order valence-corrected chi connectivity index (χ1v) is 12.2. The second kappa shape index (κ2) is 10.5. The number of benzene rings is 1. The quantitative estimate of drug-likeness (QED) is 0.603. The molecule has 0 aliphatic carbocycles. The van der Waals surface area contributed by atoms with Gasteiger partial charge in [0.25, 0.3) is 11.8 Å². The van der Waals surface area contributed by atoms with Crippen LogP contribution in [0.15, 0.2) is 18.2 Å². The van der Waals surface area contributed by atoms with Crippen molar-refractivity contribution in [2.75, 3.05) is 45.6 Å². The topological polar surface area (TPSA) is 76.1 Å². The van der Waals surface area contributed by atoms with E-state index in [1.807, 2.05) is 6.07 Å². The lowest BCUT2D eigenvalue weighted by atomic mass is 9.87. The lowest BCUT2D eigenvalue weighted by Gasteiger charge is -2.41. The molecule has 1 aromatic carbocycles. The molecule has 1 unspecified atom stereocenters. The first kappa shape index (κ1) is 27.5. The third-order valence-electron chi connectivity index (χ3n) is 7.06. The molecule has 2 amide bonds. The average Bonchev–Trinajstić information content (AvgIpc) is 3.25. The number of likely N-dealkylation sites (tertiary alicyclic amines) is 2. The summed E-state index contributed by atoms with van der Waals surface area (Å²) in [5.74, 6) is -2.70. The molecule has 1 aromatic rings. The summed E-state index contributed by atoms with van der Waals surface area (Å²) in [5.41, 5.74) is -2.11. The van der Waals surface area contributed by atoms with Crippen LogP contribution in [0.2, 0.25) is 5.02 Å².